The van der Waals surface area contributed by atoms with E-state index in [0.29, 0.717) is 5.75 Å². The molecule has 0 saturated carbocycles. The molecule has 0 amide bonds. The first-order valence-corrected chi connectivity index (χ1v) is 9.60. The van der Waals surface area contributed by atoms with Gasteiger partial charge in [-0.2, -0.15) is 0 Å². The second-order valence-corrected chi connectivity index (χ2v) is 10.2. The maximum Gasteiger partial charge on any atom is 0.123 e. The lowest BCUT2D eigenvalue weighted by atomic mass is 9.78. The highest BCUT2D eigenvalue weighted by Crippen LogP contribution is 2.42. The number of benzene rings is 1. The first kappa shape index (κ1) is 16.7. The Hall–Kier alpha value is -0.710. The number of aromatic hydroxyl groups is 1. The van der Waals surface area contributed by atoms with E-state index in [0.717, 1.165) is 26.1 Å². The van der Waals surface area contributed by atoms with Gasteiger partial charge in [0.05, 0.1) is 0 Å². The molecule has 0 atom stereocenters. The first-order chi connectivity index (χ1) is 9.51. The van der Waals surface area contributed by atoms with Gasteiger partial charge in [-0.05, 0) is 28.5 Å². The average Bonchev–Trinajstić information content (AvgIpc) is 2.72. The Labute approximate surface area is 139 Å². The van der Waals surface area contributed by atoms with Gasteiger partial charge < -0.3 is 5.11 Å². The monoisotopic (exact) mass is 338 g/mol. The molecule has 0 aliphatic carbocycles. The molecule has 0 radical (unpaired) electrons. The summed E-state index contributed by atoms with van der Waals surface area (Å²) in [5.74, 6) is 0.420. The van der Waals surface area contributed by atoms with E-state index in [1.807, 2.05) is 0 Å². The zero-order chi connectivity index (χ0) is 16.0. The van der Waals surface area contributed by atoms with Gasteiger partial charge in [0.25, 0.3) is 0 Å². The lowest BCUT2D eigenvalue weighted by molar-refractivity contribution is 0.423. The molecule has 0 aliphatic rings. The predicted molar refractivity (Wildman–Crippen MR) is 97.5 cm³/mol. The van der Waals surface area contributed by atoms with Crippen LogP contribution in [0, 0.1) is 3.82 Å². The third kappa shape index (κ3) is 3.38. The van der Waals surface area contributed by atoms with Crippen LogP contribution in [-0.2, 0) is 10.8 Å². The fourth-order valence-corrected chi connectivity index (χ4v) is 4.72. The predicted octanol–water partition coefficient (Wildman–Crippen LogP) is 6.51. The summed E-state index contributed by atoms with van der Waals surface area (Å²) in [5.41, 5.74) is 3.97. The van der Waals surface area contributed by atoms with Crippen molar-refractivity contribution < 1.29 is 5.11 Å². The van der Waals surface area contributed by atoms with Crippen LogP contribution in [0.1, 0.15) is 52.7 Å². The molecule has 1 N–H and O–H groups in total. The molecule has 0 fully saturated rings. The van der Waals surface area contributed by atoms with Crippen molar-refractivity contribution >= 4 is 32.9 Å². The number of hydrogen-bond acceptors (Lipinski definition) is 4. The van der Waals surface area contributed by atoms with Gasteiger partial charge in [-0.15, -0.1) is 0 Å². The Morgan fingerprint density at radius 3 is 1.76 bits per heavy atom. The van der Waals surface area contributed by atoms with Crippen molar-refractivity contribution in [1.82, 2.24) is 0 Å². The molecule has 0 saturated heterocycles. The summed E-state index contributed by atoms with van der Waals surface area (Å²) >= 11 is 5.44. The van der Waals surface area contributed by atoms with Crippen molar-refractivity contribution in [3.63, 3.8) is 0 Å². The summed E-state index contributed by atoms with van der Waals surface area (Å²) in [6.07, 6.45) is 0. The summed E-state index contributed by atoms with van der Waals surface area (Å²) in [5, 5.41) is 12.8. The molecule has 114 valence electrons. The summed E-state index contributed by atoms with van der Waals surface area (Å²) in [6.45, 7) is 12.8. The van der Waals surface area contributed by atoms with Crippen LogP contribution < -0.4 is 0 Å². The fourth-order valence-electron chi connectivity index (χ4n) is 2.33. The van der Waals surface area contributed by atoms with E-state index in [1.54, 1.807) is 20.7 Å². The van der Waals surface area contributed by atoms with Gasteiger partial charge in [-0.1, -0.05) is 74.4 Å². The van der Waals surface area contributed by atoms with Crippen molar-refractivity contribution in [2.24, 2.45) is 0 Å². The lowest BCUT2D eigenvalue weighted by Gasteiger charge is -2.28. The van der Waals surface area contributed by atoms with Gasteiger partial charge in [0.1, 0.15) is 9.57 Å². The molecule has 1 heterocycles. The third-order valence-corrected chi connectivity index (χ3v) is 6.21. The van der Waals surface area contributed by atoms with Gasteiger partial charge in [-0.3, -0.25) is 0 Å². The van der Waals surface area contributed by atoms with Crippen molar-refractivity contribution in [2.75, 3.05) is 0 Å². The molecule has 1 aromatic heterocycles. The normalized spacial score (nSPS) is 12.7. The van der Waals surface area contributed by atoms with Gasteiger partial charge in [0, 0.05) is 22.1 Å². The smallest absolute Gasteiger partial charge is 0.123 e. The average molecular weight is 339 g/mol. The Morgan fingerprint density at radius 2 is 1.43 bits per heavy atom. The minimum absolute atomic E-state index is 0.110. The number of rotatable bonds is 1. The third-order valence-electron chi connectivity index (χ3n) is 3.55. The molecule has 4 heteroatoms. The maximum atomic E-state index is 10.7. The van der Waals surface area contributed by atoms with Gasteiger partial charge in [0.15, 0.2) is 0 Å². The molecular weight excluding hydrogens is 316 g/mol. The molecule has 0 unspecified atom stereocenters. The van der Waals surface area contributed by atoms with Crippen LogP contribution in [0.15, 0.2) is 17.5 Å². The van der Waals surface area contributed by atoms with E-state index in [2.05, 4.69) is 59.1 Å². The Morgan fingerprint density at radius 1 is 0.952 bits per heavy atom. The number of phenols is 1. The zero-order valence-electron chi connectivity index (χ0n) is 13.4. The topological polar surface area (TPSA) is 20.2 Å². The van der Waals surface area contributed by atoms with Crippen LogP contribution in [0.25, 0.3) is 11.1 Å². The van der Waals surface area contributed by atoms with Crippen LogP contribution in [0.3, 0.4) is 0 Å². The van der Waals surface area contributed by atoms with E-state index < -0.39 is 0 Å². The summed E-state index contributed by atoms with van der Waals surface area (Å²) < 4.78 is 0.922. The molecular formula is C17H22OS3. The quantitative estimate of drug-likeness (QED) is 0.472. The largest absolute Gasteiger partial charge is 0.507 e. The molecule has 2 aromatic rings. The molecule has 21 heavy (non-hydrogen) atoms. The fraction of sp³-hybridized carbons (Fsp3) is 0.471. The minimum Gasteiger partial charge on any atom is -0.507 e. The highest BCUT2D eigenvalue weighted by molar-refractivity contribution is 7.79. The molecule has 0 bridgehead atoms. The van der Waals surface area contributed by atoms with Crippen molar-refractivity contribution in [3.05, 3.63) is 32.5 Å². The maximum absolute atomic E-state index is 10.7. The highest BCUT2D eigenvalue weighted by atomic mass is 32.9. The van der Waals surface area contributed by atoms with Crippen LogP contribution in [0.4, 0.5) is 0 Å². The molecule has 0 spiro atoms. The molecule has 1 nitrogen and oxygen atoms in total. The Bertz CT molecular complexity index is 674. The van der Waals surface area contributed by atoms with E-state index in [9.17, 15) is 5.11 Å². The van der Waals surface area contributed by atoms with Crippen molar-refractivity contribution in [3.8, 4) is 16.9 Å². The van der Waals surface area contributed by atoms with Gasteiger partial charge in [0.2, 0.25) is 0 Å². The number of phenolic OH excluding ortho intramolecular Hbond substituents is 1. The lowest BCUT2D eigenvalue weighted by Crippen LogP contribution is -2.17. The first-order valence-electron chi connectivity index (χ1n) is 6.98. The van der Waals surface area contributed by atoms with E-state index in [1.165, 1.54) is 0 Å². The van der Waals surface area contributed by atoms with E-state index >= 15 is 0 Å². The second kappa shape index (κ2) is 5.49. The van der Waals surface area contributed by atoms with E-state index in [4.69, 9.17) is 12.2 Å². The van der Waals surface area contributed by atoms with Crippen LogP contribution >= 0.6 is 32.9 Å². The van der Waals surface area contributed by atoms with Gasteiger partial charge in [-0.25, -0.2) is 0 Å². The standard InChI is InChI=1S/C17H22OS3/c1-16(2,3)12-7-10(11-9-20-21-15(11)19)8-13(14(12)18)17(4,5)6/h7-9,18H,1-6H3. The molecule has 1 aromatic carbocycles. The highest BCUT2D eigenvalue weighted by Gasteiger charge is 2.27. The van der Waals surface area contributed by atoms with Gasteiger partial charge >= 0.3 is 0 Å². The zero-order valence-corrected chi connectivity index (χ0v) is 15.9. The number of hydrogen-bond donors (Lipinski definition) is 1. The van der Waals surface area contributed by atoms with Crippen molar-refractivity contribution in [1.29, 1.82) is 0 Å². The van der Waals surface area contributed by atoms with Crippen LogP contribution in [0.2, 0.25) is 0 Å². The SMILES string of the molecule is CC(C)(C)c1cc(-c2cssc2=S)cc(C(C)(C)C)c1O. The minimum atomic E-state index is -0.110. The Balaban J connectivity index is 2.81. The molecule has 0 aliphatic heterocycles. The van der Waals surface area contributed by atoms with Crippen molar-refractivity contribution in [2.45, 2.75) is 52.4 Å². The summed E-state index contributed by atoms with van der Waals surface area (Å²) in [4.78, 5) is 0. The summed E-state index contributed by atoms with van der Waals surface area (Å²) in [6, 6.07) is 4.18. The van der Waals surface area contributed by atoms with E-state index in [-0.39, 0.29) is 10.8 Å². The van der Waals surface area contributed by atoms with Crippen LogP contribution in [-0.4, -0.2) is 5.11 Å². The summed E-state index contributed by atoms with van der Waals surface area (Å²) in [7, 11) is 3.29. The second-order valence-electron chi connectivity index (χ2n) is 7.42. The van der Waals surface area contributed by atoms with Crippen LogP contribution in [0.5, 0.6) is 5.75 Å². The molecule has 2 rings (SSSR count). The Kier molecular flexibility index (Phi) is 4.35.